The first-order valence-corrected chi connectivity index (χ1v) is 7.13. The molecule has 1 aromatic rings. The van der Waals surface area contributed by atoms with Crippen molar-refractivity contribution >= 4 is 5.78 Å². The van der Waals surface area contributed by atoms with Crippen LogP contribution >= 0.6 is 0 Å². The standard InChI is InChI=1S/C16H21F2NO/c1-10-6-7-19(9-11(10)2)12(3)16(20)14-5-4-13(17)8-15(14)18/h4-5,8,10-12H,6-7,9H2,1-3H3. The lowest BCUT2D eigenvalue weighted by atomic mass is 9.87. The largest absolute Gasteiger partial charge is 0.293 e. The van der Waals surface area contributed by atoms with E-state index in [0.717, 1.165) is 31.6 Å². The summed E-state index contributed by atoms with van der Waals surface area (Å²) in [4.78, 5) is 14.5. The monoisotopic (exact) mass is 281 g/mol. The first kappa shape index (κ1) is 15.1. The molecule has 0 spiro atoms. The third-order valence-electron chi connectivity index (χ3n) is 4.49. The number of carbonyl (C=O) groups excluding carboxylic acids is 1. The molecule has 4 heteroatoms. The predicted molar refractivity (Wildman–Crippen MR) is 74.7 cm³/mol. The molecule has 0 bridgehead atoms. The third kappa shape index (κ3) is 3.06. The summed E-state index contributed by atoms with van der Waals surface area (Å²) >= 11 is 0. The van der Waals surface area contributed by atoms with Gasteiger partial charge in [-0.05, 0) is 43.9 Å². The van der Waals surface area contributed by atoms with Gasteiger partial charge in [0.1, 0.15) is 11.6 Å². The number of hydrogen-bond donors (Lipinski definition) is 0. The van der Waals surface area contributed by atoms with E-state index in [4.69, 9.17) is 0 Å². The lowest BCUT2D eigenvalue weighted by Crippen LogP contribution is -2.46. The molecule has 0 saturated carbocycles. The third-order valence-corrected chi connectivity index (χ3v) is 4.49. The van der Waals surface area contributed by atoms with Crippen molar-refractivity contribution in [1.29, 1.82) is 0 Å². The van der Waals surface area contributed by atoms with Gasteiger partial charge in [-0.1, -0.05) is 13.8 Å². The van der Waals surface area contributed by atoms with Gasteiger partial charge < -0.3 is 0 Å². The van der Waals surface area contributed by atoms with Crippen molar-refractivity contribution in [2.75, 3.05) is 13.1 Å². The molecule has 3 unspecified atom stereocenters. The molecule has 3 atom stereocenters. The van der Waals surface area contributed by atoms with E-state index < -0.39 is 11.6 Å². The van der Waals surface area contributed by atoms with Crippen molar-refractivity contribution in [2.24, 2.45) is 11.8 Å². The van der Waals surface area contributed by atoms with Gasteiger partial charge in [0.15, 0.2) is 5.78 Å². The number of hydrogen-bond acceptors (Lipinski definition) is 2. The van der Waals surface area contributed by atoms with E-state index in [1.807, 2.05) is 0 Å². The van der Waals surface area contributed by atoms with Crippen LogP contribution < -0.4 is 0 Å². The van der Waals surface area contributed by atoms with E-state index in [9.17, 15) is 13.6 Å². The zero-order valence-electron chi connectivity index (χ0n) is 12.2. The molecule has 1 aliphatic heterocycles. The summed E-state index contributed by atoms with van der Waals surface area (Å²) in [7, 11) is 0. The van der Waals surface area contributed by atoms with Gasteiger partial charge in [0.2, 0.25) is 0 Å². The van der Waals surface area contributed by atoms with Gasteiger partial charge >= 0.3 is 0 Å². The van der Waals surface area contributed by atoms with E-state index in [1.54, 1.807) is 6.92 Å². The Bertz CT molecular complexity index is 503. The molecule has 0 aromatic heterocycles. The average Bonchev–Trinajstić information content (AvgIpc) is 2.40. The van der Waals surface area contributed by atoms with Crippen LogP contribution in [0.25, 0.3) is 0 Å². The summed E-state index contributed by atoms with van der Waals surface area (Å²) in [6.45, 7) is 7.88. The maximum atomic E-state index is 13.7. The second kappa shape index (κ2) is 6.00. The maximum absolute atomic E-state index is 13.7. The molecule has 0 N–H and O–H groups in total. The van der Waals surface area contributed by atoms with Crippen LogP contribution in [0.3, 0.4) is 0 Å². The number of Topliss-reactive ketones (excluding diaryl/α,β-unsaturated/α-hetero) is 1. The van der Waals surface area contributed by atoms with E-state index in [2.05, 4.69) is 18.7 Å². The number of halogens is 2. The number of ketones is 1. The molecule has 1 aliphatic rings. The Balaban J connectivity index is 2.12. The predicted octanol–water partition coefficient (Wildman–Crippen LogP) is 3.51. The highest BCUT2D eigenvalue weighted by Crippen LogP contribution is 2.25. The van der Waals surface area contributed by atoms with Crippen LogP contribution in [-0.2, 0) is 0 Å². The van der Waals surface area contributed by atoms with Crippen LogP contribution in [0.2, 0.25) is 0 Å². The number of nitrogens with zero attached hydrogens (tertiary/aromatic N) is 1. The zero-order chi connectivity index (χ0) is 14.9. The van der Waals surface area contributed by atoms with Crippen LogP contribution in [0.1, 0.15) is 37.6 Å². The van der Waals surface area contributed by atoms with Crippen LogP contribution in [0.4, 0.5) is 8.78 Å². The minimum Gasteiger partial charge on any atom is -0.293 e. The normalized spacial score (nSPS) is 25.4. The molecule has 1 saturated heterocycles. The number of piperidine rings is 1. The van der Waals surface area contributed by atoms with E-state index in [0.29, 0.717) is 11.8 Å². The van der Waals surface area contributed by atoms with Crippen LogP contribution in [0.15, 0.2) is 18.2 Å². The number of carbonyl (C=O) groups is 1. The second-order valence-corrected chi connectivity index (χ2v) is 5.90. The minimum absolute atomic E-state index is 0.0230. The number of benzene rings is 1. The Kier molecular flexibility index (Phi) is 4.53. The summed E-state index contributed by atoms with van der Waals surface area (Å²) in [5, 5.41) is 0. The van der Waals surface area contributed by atoms with Gasteiger partial charge in [-0.25, -0.2) is 8.78 Å². The Hall–Kier alpha value is -1.29. The van der Waals surface area contributed by atoms with Gasteiger partial charge in [0, 0.05) is 12.6 Å². The maximum Gasteiger partial charge on any atom is 0.182 e. The topological polar surface area (TPSA) is 20.3 Å². The lowest BCUT2D eigenvalue weighted by molar-refractivity contribution is 0.0685. The van der Waals surface area contributed by atoms with Crippen molar-refractivity contribution < 1.29 is 13.6 Å². The molecule has 1 heterocycles. The molecule has 20 heavy (non-hydrogen) atoms. The van der Waals surface area contributed by atoms with Crippen LogP contribution in [-0.4, -0.2) is 29.8 Å². The lowest BCUT2D eigenvalue weighted by Gasteiger charge is -2.38. The van der Waals surface area contributed by atoms with Crippen LogP contribution in [0.5, 0.6) is 0 Å². The highest BCUT2D eigenvalue weighted by Gasteiger charge is 2.30. The molecule has 1 aromatic carbocycles. The van der Waals surface area contributed by atoms with Gasteiger partial charge in [-0.15, -0.1) is 0 Å². The van der Waals surface area contributed by atoms with Crippen molar-refractivity contribution in [3.63, 3.8) is 0 Å². The Morgan fingerprint density at radius 3 is 2.60 bits per heavy atom. The quantitative estimate of drug-likeness (QED) is 0.790. The highest BCUT2D eigenvalue weighted by atomic mass is 19.1. The van der Waals surface area contributed by atoms with Gasteiger partial charge in [-0.3, -0.25) is 9.69 Å². The van der Waals surface area contributed by atoms with Gasteiger partial charge in [-0.2, -0.15) is 0 Å². The molecular weight excluding hydrogens is 260 g/mol. The van der Waals surface area contributed by atoms with E-state index in [1.165, 1.54) is 6.07 Å². The molecule has 0 amide bonds. The molecule has 0 aliphatic carbocycles. The molecule has 1 fully saturated rings. The highest BCUT2D eigenvalue weighted by molar-refractivity contribution is 6.00. The molecule has 2 rings (SSSR count). The Morgan fingerprint density at radius 2 is 2.00 bits per heavy atom. The van der Waals surface area contributed by atoms with Crippen molar-refractivity contribution in [1.82, 2.24) is 4.90 Å². The summed E-state index contributed by atoms with van der Waals surface area (Å²) in [6, 6.07) is 2.76. The fourth-order valence-corrected chi connectivity index (χ4v) is 2.73. The minimum atomic E-state index is -0.778. The molecule has 110 valence electrons. The Morgan fingerprint density at radius 1 is 1.30 bits per heavy atom. The smallest absolute Gasteiger partial charge is 0.182 e. The fourth-order valence-electron chi connectivity index (χ4n) is 2.73. The Labute approximate surface area is 118 Å². The summed E-state index contributed by atoms with van der Waals surface area (Å²) < 4.78 is 26.6. The summed E-state index contributed by atoms with van der Waals surface area (Å²) in [5.74, 6) is -0.537. The molecule has 2 nitrogen and oxygen atoms in total. The van der Waals surface area contributed by atoms with Crippen molar-refractivity contribution in [2.45, 2.75) is 33.2 Å². The van der Waals surface area contributed by atoms with Crippen molar-refractivity contribution in [3.8, 4) is 0 Å². The zero-order valence-corrected chi connectivity index (χ0v) is 12.2. The first-order valence-electron chi connectivity index (χ1n) is 7.13. The van der Waals surface area contributed by atoms with E-state index >= 15 is 0 Å². The first-order chi connectivity index (χ1) is 9.40. The SMILES string of the molecule is CC1CCN(C(C)C(=O)c2ccc(F)cc2F)CC1C. The van der Waals surface area contributed by atoms with Crippen molar-refractivity contribution in [3.05, 3.63) is 35.4 Å². The fraction of sp³-hybridized carbons (Fsp3) is 0.562. The summed E-state index contributed by atoms with van der Waals surface area (Å²) in [5.41, 5.74) is -0.0230. The van der Waals surface area contributed by atoms with Crippen LogP contribution in [0, 0.1) is 23.5 Å². The second-order valence-electron chi connectivity index (χ2n) is 5.90. The van der Waals surface area contributed by atoms with Gasteiger partial charge in [0.25, 0.3) is 0 Å². The van der Waals surface area contributed by atoms with E-state index in [-0.39, 0.29) is 17.4 Å². The number of rotatable bonds is 3. The van der Waals surface area contributed by atoms with Gasteiger partial charge in [0.05, 0.1) is 11.6 Å². The number of likely N-dealkylation sites (tertiary alicyclic amines) is 1. The average molecular weight is 281 g/mol. The summed E-state index contributed by atoms with van der Waals surface area (Å²) in [6.07, 6.45) is 1.05. The molecule has 0 radical (unpaired) electrons. The molecular formula is C16H21F2NO.